The van der Waals surface area contributed by atoms with Gasteiger partial charge in [-0.15, -0.1) is 0 Å². The molecular formula is C25H33N7O2. The van der Waals surface area contributed by atoms with Gasteiger partial charge in [-0.3, -0.25) is 19.8 Å². The maximum atomic E-state index is 12.3. The summed E-state index contributed by atoms with van der Waals surface area (Å²) in [5.74, 6) is 1.55. The Labute approximate surface area is 200 Å². The molecule has 34 heavy (non-hydrogen) atoms. The van der Waals surface area contributed by atoms with Crippen LogP contribution in [0.4, 0.5) is 17.3 Å². The highest BCUT2D eigenvalue weighted by Crippen LogP contribution is 2.29. The molecule has 3 aliphatic heterocycles. The molecule has 1 atom stereocenters. The number of nitrogens with two attached hydrogens (primary N) is 1. The monoisotopic (exact) mass is 463 g/mol. The van der Waals surface area contributed by atoms with E-state index in [1.54, 1.807) is 6.20 Å². The average molecular weight is 464 g/mol. The summed E-state index contributed by atoms with van der Waals surface area (Å²) < 4.78 is 0. The molecule has 0 radical (unpaired) electrons. The van der Waals surface area contributed by atoms with Crippen LogP contribution in [0, 0.1) is 5.92 Å². The molecular weight excluding hydrogens is 430 g/mol. The van der Waals surface area contributed by atoms with Crippen LogP contribution in [0.3, 0.4) is 0 Å². The zero-order valence-corrected chi connectivity index (χ0v) is 19.5. The van der Waals surface area contributed by atoms with Crippen LogP contribution in [0.1, 0.15) is 37.2 Å². The van der Waals surface area contributed by atoms with Gasteiger partial charge in [0.1, 0.15) is 11.6 Å². The largest absolute Gasteiger partial charge is 0.384 e. The van der Waals surface area contributed by atoms with Crippen molar-refractivity contribution in [1.29, 1.82) is 0 Å². The number of hydrogen-bond donors (Lipinski definition) is 2. The van der Waals surface area contributed by atoms with E-state index in [4.69, 9.17) is 5.73 Å². The molecule has 0 bridgehead atoms. The van der Waals surface area contributed by atoms with Crippen LogP contribution in [-0.2, 0) is 9.59 Å². The topological polar surface area (TPSA) is 108 Å². The van der Waals surface area contributed by atoms with Crippen molar-refractivity contribution < 1.29 is 9.59 Å². The molecule has 3 N–H and O–H groups in total. The lowest BCUT2D eigenvalue weighted by atomic mass is 9.91. The first-order chi connectivity index (χ1) is 16.5. The van der Waals surface area contributed by atoms with E-state index in [-0.39, 0.29) is 17.7 Å². The fraction of sp³-hybridized carbons (Fsp3) is 0.520. The van der Waals surface area contributed by atoms with Crippen LogP contribution in [-0.4, -0.2) is 72.5 Å². The number of carbonyl (C=O) groups is 2. The number of nitrogens with zero attached hydrogens (tertiary/aromatic N) is 5. The number of piperidine rings is 2. The Morgan fingerprint density at radius 3 is 2.44 bits per heavy atom. The second kappa shape index (κ2) is 9.97. The molecule has 5 heterocycles. The third kappa shape index (κ3) is 5.14. The van der Waals surface area contributed by atoms with Crippen molar-refractivity contribution in [2.24, 2.45) is 5.92 Å². The first kappa shape index (κ1) is 22.6. The van der Waals surface area contributed by atoms with Crippen molar-refractivity contribution in [3.63, 3.8) is 0 Å². The number of pyridine rings is 2. The van der Waals surface area contributed by atoms with Crippen molar-refractivity contribution in [2.75, 3.05) is 61.3 Å². The fourth-order valence-electron chi connectivity index (χ4n) is 5.32. The van der Waals surface area contributed by atoms with Crippen LogP contribution < -0.4 is 20.9 Å². The second-order valence-corrected chi connectivity index (χ2v) is 9.61. The summed E-state index contributed by atoms with van der Waals surface area (Å²) in [5, 5.41) is 2.46. The van der Waals surface area contributed by atoms with Gasteiger partial charge >= 0.3 is 0 Å². The van der Waals surface area contributed by atoms with Gasteiger partial charge in [-0.1, -0.05) is 0 Å². The van der Waals surface area contributed by atoms with E-state index in [2.05, 4.69) is 36.1 Å². The molecule has 2 aromatic heterocycles. The fourth-order valence-corrected chi connectivity index (χ4v) is 5.32. The second-order valence-electron chi connectivity index (χ2n) is 9.61. The Morgan fingerprint density at radius 2 is 1.74 bits per heavy atom. The highest BCUT2D eigenvalue weighted by atomic mass is 16.2. The number of imide groups is 1. The molecule has 180 valence electrons. The number of anilines is 3. The molecule has 0 saturated carbocycles. The van der Waals surface area contributed by atoms with Crippen molar-refractivity contribution >= 4 is 29.1 Å². The Hall–Kier alpha value is -3.20. The molecule has 1 unspecified atom stereocenters. The molecule has 3 saturated heterocycles. The first-order valence-corrected chi connectivity index (χ1v) is 12.3. The lowest BCUT2D eigenvalue weighted by molar-refractivity contribution is -0.134. The average Bonchev–Trinajstić information content (AvgIpc) is 2.86. The molecule has 5 rings (SSSR count). The van der Waals surface area contributed by atoms with Gasteiger partial charge in [-0.2, -0.15) is 0 Å². The van der Waals surface area contributed by atoms with Gasteiger partial charge in [0.15, 0.2) is 0 Å². The maximum Gasteiger partial charge on any atom is 0.234 e. The van der Waals surface area contributed by atoms with Gasteiger partial charge in [0, 0.05) is 58.4 Å². The van der Waals surface area contributed by atoms with Crippen LogP contribution >= 0.6 is 0 Å². The van der Waals surface area contributed by atoms with E-state index in [1.165, 1.54) is 0 Å². The lowest BCUT2D eigenvalue weighted by Gasteiger charge is -2.39. The van der Waals surface area contributed by atoms with Gasteiger partial charge in [0.25, 0.3) is 0 Å². The maximum absolute atomic E-state index is 12.3. The van der Waals surface area contributed by atoms with E-state index < -0.39 is 0 Å². The number of aromatic nitrogens is 2. The van der Waals surface area contributed by atoms with Crippen molar-refractivity contribution in [2.45, 2.75) is 31.6 Å². The third-order valence-corrected chi connectivity index (χ3v) is 7.37. The van der Waals surface area contributed by atoms with Crippen LogP contribution in [0.25, 0.3) is 0 Å². The summed E-state index contributed by atoms with van der Waals surface area (Å²) in [6, 6.07) is 7.85. The van der Waals surface area contributed by atoms with E-state index in [9.17, 15) is 9.59 Å². The first-order valence-electron chi connectivity index (χ1n) is 12.3. The van der Waals surface area contributed by atoms with E-state index in [1.807, 2.05) is 24.4 Å². The molecule has 3 fully saturated rings. The predicted octanol–water partition coefficient (Wildman–Crippen LogP) is 1.62. The molecule has 3 aliphatic rings. The number of nitrogen functional groups attached to an aromatic ring is 1. The highest BCUT2D eigenvalue weighted by Gasteiger charge is 2.29. The Bertz CT molecular complexity index is 1010. The third-order valence-electron chi connectivity index (χ3n) is 7.37. The standard InChI is InChI=1S/C25H33N7O2/c26-22-3-1-20(16-28-22)31-13-11-30(12-14-31)17-18-6-9-32(10-7-18)23-15-19(5-8-27-23)21-2-4-24(33)29-25(21)34/h1,3,5,8,15-16,18,21H,2,4,6-7,9-14,17H2,(H2,26,28)(H,29,33,34). The number of hydrogen-bond acceptors (Lipinski definition) is 8. The van der Waals surface area contributed by atoms with Gasteiger partial charge in [0.2, 0.25) is 11.8 Å². The minimum atomic E-state index is -0.264. The van der Waals surface area contributed by atoms with E-state index in [0.717, 1.165) is 75.7 Å². The van der Waals surface area contributed by atoms with Gasteiger partial charge in [-0.25, -0.2) is 9.97 Å². The minimum Gasteiger partial charge on any atom is -0.384 e. The van der Waals surface area contributed by atoms with Gasteiger partial charge in [-0.05, 0) is 55.0 Å². The Balaban J connectivity index is 1.10. The molecule has 9 heteroatoms. The number of amides is 2. The van der Waals surface area contributed by atoms with Gasteiger partial charge in [0.05, 0.1) is 17.8 Å². The normalized spacial score (nSPS) is 22.6. The predicted molar refractivity (Wildman–Crippen MR) is 132 cm³/mol. The molecule has 0 aliphatic carbocycles. The van der Waals surface area contributed by atoms with Crippen molar-refractivity contribution in [3.8, 4) is 0 Å². The Morgan fingerprint density at radius 1 is 0.941 bits per heavy atom. The molecule has 2 aromatic rings. The van der Waals surface area contributed by atoms with Crippen LogP contribution in [0.15, 0.2) is 36.7 Å². The van der Waals surface area contributed by atoms with Crippen LogP contribution in [0.5, 0.6) is 0 Å². The van der Waals surface area contributed by atoms with E-state index >= 15 is 0 Å². The SMILES string of the molecule is Nc1ccc(N2CCN(CC3CCN(c4cc(C5CCC(=O)NC5=O)ccn4)CC3)CC2)cn1. The number of nitrogens with one attached hydrogen (secondary N) is 1. The lowest BCUT2D eigenvalue weighted by Crippen LogP contribution is -2.49. The zero-order valence-electron chi connectivity index (χ0n) is 19.5. The highest BCUT2D eigenvalue weighted by molar-refractivity contribution is 6.00. The molecule has 0 aromatic carbocycles. The minimum absolute atomic E-state index is 0.179. The summed E-state index contributed by atoms with van der Waals surface area (Å²) >= 11 is 0. The number of carbonyl (C=O) groups excluding carboxylic acids is 2. The molecule has 2 amide bonds. The van der Waals surface area contributed by atoms with Crippen molar-refractivity contribution in [3.05, 3.63) is 42.2 Å². The summed E-state index contributed by atoms with van der Waals surface area (Å²) in [6.45, 7) is 7.27. The molecule has 0 spiro atoms. The van der Waals surface area contributed by atoms with Crippen LogP contribution in [0.2, 0.25) is 0 Å². The summed E-state index contributed by atoms with van der Waals surface area (Å²) in [5.41, 5.74) is 7.81. The number of piperazine rings is 1. The van der Waals surface area contributed by atoms with Gasteiger partial charge < -0.3 is 15.5 Å². The smallest absolute Gasteiger partial charge is 0.234 e. The quantitative estimate of drug-likeness (QED) is 0.644. The zero-order chi connectivity index (χ0) is 23.5. The van der Waals surface area contributed by atoms with Crippen molar-refractivity contribution in [1.82, 2.24) is 20.2 Å². The van der Waals surface area contributed by atoms with E-state index in [0.29, 0.717) is 24.6 Å². The Kier molecular flexibility index (Phi) is 6.62. The summed E-state index contributed by atoms with van der Waals surface area (Å²) in [4.78, 5) is 39.8. The molecule has 9 nitrogen and oxygen atoms in total. The number of rotatable bonds is 5. The summed E-state index contributed by atoms with van der Waals surface area (Å²) in [6.07, 6.45) is 6.90. The summed E-state index contributed by atoms with van der Waals surface area (Å²) in [7, 11) is 0.